The number of anilines is 1. The van der Waals surface area contributed by atoms with Crippen molar-refractivity contribution in [2.75, 3.05) is 11.9 Å². The highest BCUT2D eigenvalue weighted by atomic mass is 16.2. The lowest BCUT2D eigenvalue weighted by molar-refractivity contribution is -0.131. The molecule has 0 aromatic heterocycles. The molecule has 1 aliphatic rings. The zero-order valence-corrected chi connectivity index (χ0v) is 14.8. The van der Waals surface area contributed by atoms with Crippen LogP contribution < -0.4 is 5.32 Å². The lowest BCUT2D eigenvalue weighted by Crippen LogP contribution is -2.46. The van der Waals surface area contributed by atoms with Gasteiger partial charge in [0.2, 0.25) is 11.8 Å². The van der Waals surface area contributed by atoms with E-state index in [-0.39, 0.29) is 24.8 Å². The van der Waals surface area contributed by atoms with Crippen molar-refractivity contribution in [2.45, 2.75) is 32.6 Å². The summed E-state index contributed by atoms with van der Waals surface area (Å²) < 4.78 is 0. The van der Waals surface area contributed by atoms with Crippen LogP contribution in [0.3, 0.4) is 0 Å². The van der Waals surface area contributed by atoms with Crippen molar-refractivity contribution in [1.82, 2.24) is 4.90 Å². The van der Waals surface area contributed by atoms with Gasteiger partial charge in [0.15, 0.2) is 0 Å². The Morgan fingerprint density at radius 3 is 2.54 bits per heavy atom. The maximum Gasteiger partial charge on any atom is 0.261 e. The molecule has 1 N–H and O–H groups in total. The lowest BCUT2D eigenvalue weighted by atomic mass is 9.98. The van der Waals surface area contributed by atoms with Crippen LogP contribution in [0.1, 0.15) is 41.3 Å². The van der Waals surface area contributed by atoms with E-state index in [4.69, 9.17) is 0 Å². The molecule has 0 saturated heterocycles. The Balaban J connectivity index is 1.63. The summed E-state index contributed by atoms with van der Waals surface area (Å²) in [6.07, 6.45) is 3.42. The topological polar surface area (TPSA) is 66.5 Å². The number of hydrogen-bond acceptors (Lipinski definition) is 3. The molecule has 0 unspecified atom stereocenters. The molecule has 2 aromatic rings. The highest BCUT2D eigenvalue weighted by molar-refractivity contribution is 6.12. The zero-order valence-electron chi connectivity index (χ0n) is 14.8. The van der Waals surface area contributed by atoms with E-state index in [1.165, 1.54) is 5.56 Å². The summed E-state index contributed by atoms with van der Waals surface area (Å²) >= 11 is 0. The predicted molar refractivity (Wildman–Crippen MR) is 99.9 cm³/mol. The molecule has 1 aliphatic heterocycles. The minimum absolute atomic E-state index is 0.140. The van der Waals surface area contributed by atoms with E-state index >= 15 is 0 Å². The Bertz CT molecular complexity index is 827. The maximum absolute atomic E-state index is 12.5. The van der Waals surface area contributed by atoms with E-state index in [0.717, 1.165) is 24.2 Å². The summed E-state index contributed by atoms with van der Waals surface area (Å²) in [4.78, 5) is 38.0. The van der Waals surface area contributed by atoms with Crippen LogP contribution >= 0.6 is 0 Å². The third kappa shape index (κ3) is 3.99. The molecule has 26 heavy (non-hydrogen) atoms. The smallest absolute Gasteiger partial charge is 0.261 e. The summed E-state index contributed by atoms with van der Waals surface area (Å²) in [5.74, 6) is -1.15. The molecule has 0 bridgehead atoms. The van der Waals surface area contributed by atoms with Crippen molar-refractivity contribution in [3.8, 4) is 0 Å². The van der Waals surface area contributed by atoms with Gasteiger partial charge in [-0.05, 0) is 42.2 Å². The van der Waals surface area contributed by atoms with E-state index in [1.807, 2.05) is 24.3 Å². The van der Waals surface area contributed by atoms with Crippen molar-refractivity contribution in [3.63, 3.8) is 0 Å². The van der Waals surface area contributed by atoms with Gasteiger partial charge >= 0.3 is 0 Å². The molecule has 0 saturated carbocycles. The first-order valence-electron chi connectivity index (χ1n) is 8.90. The zero-order chi connectivity index (χ0) is 18.5. The van der Waals surface area contributed by atoms with Gasteiger partial charge in [-0.15, -0.1) is 0 Å². The molecule has 0 aliphatic carbocycles. The van der Waals surface area contributed by atoms with E-state index in [0.29, 0.717) is 16.8 Å². The van der Waals surface area contributed by atoms with Crippen LogP contribution in [0.4, 0.5) is 5.69 Å². The molecular formula is C21H22N2O3. The lowest BCUT2D eigenvalue weighted by Gasteiger charge is -2.26. The van der Waals surface area contributed by atoms with E-state index in [9.17, 15) is 14.4 Å². The summed E-state index contributed by atoms with van der Waals surface area (Å²) in [5, 5.41) is 2.75. The number of rotatable bonds is 6. The Labute approximate surface area is 153 Å². The molecule has 0 radical (unpaired) electrons. The number of fused-ring (bicyclic) bond motifs is 1. The first-order chi connectivity index (χ1) is 12.6. The predicted octanol–water partition coefficient (Wildman–Crippen LogP) is 3.19. The number of imide groups is 1. The van der Waals surface area contributed by atoms with Gasteiger partial charge in [-0.3, -0.25) is 19.3 Å². The fourth-order valence-corrected chi connectivity index (χ4v) is 3.04. The van der Waals surface area contributed by atoms with Gasteiger partial charge in [0, 0.05) is 11.3 Å². The molecule has 2 aromatic carbocycles. The van der Waals surface area contributed by atoms with Crippen LogP contribution in [0, 0.1) is 0 Å². The standard InChI is InChI=1S/C21H22N2O3/c1-2-3-6-15-9-11-17(12-10-15)22-19(24)14-23-20(25)13-16-7-4-5-8-18(16)21(23)26/h4-5,7-12H,2-3,6,13-14H2,1H3,(H,22,24). The van der Waals surface area contributed by atoms with Crippen LogP contribution in [0.15, 0.2) is 48.5 Å². The normalized spacial score (nSPS) is 13.5. The first-order valence-corrected chi connectivity index (χ1v) is 8.90. The van der Waals surface area contributed by atoms with Crippen molar-refractivity contribution >= 4 is 23.4 Å². The number of amides is 3. The monoisotopic (exact) mass is 350 g/mol. The van der Waals surface area contributed by atoms with Crippen LogP contribution in [0.2, 0.25) is 0 Å². The van der Waals surface area contributed by atoms with Gasteiger partial charge in [0.1, 0.15) is 6.54 Å². The van der Waals surface area contributed by atoms with E-state index in [2.05, 4.69) is 12.2 Å². The highest BCUT2D eigenvalue weighted by Crippen LogP contribution is 2.19. The van der Waals surface area contributed by atoms with Gasteiger partial charge in [0.05, 0.1) is 6.42 Å². The van der Waals surface area contributed by atoms with Gasteiger partial charge in [0.25, 0.3) is 5.91 Å². The fourth-order valence-electron chi connectivity index (χ4n) is 3.04. The largest absolute Gasteiger partial charge is 0.325 e. The molecule has 134 valence electrons. The average Bonchev–Trinajstić information content (AvgIpc) is 2.64. The van der Waals surface area contributed by atoms with Crippen molar-refractivity contribution in [3.05, 3.63) is 65.2 Å². The first kappa shape index (κ1) is 17.9. The van der Waals surface area contributed by atoms with Gasteiger partial charge < -0.3 is 5.32 Å². The number of unbranched alkanes of at least 4 members (excludes halogenated alkanes) is 1. The number of hydrogen-bond donors (Lipinski definition) is 1. The van der Waals surface area contributed by atoms with Crippen LogP contribution in [0.25, 0.3) is 0 Å². The van der Waals surface area contributed by atoms with E-state index in [1.54, 1.807) is 24.3 Å². The van der Waals surface area contributed by atoms with Gasteiger partial charge in [-0.25, -0.2) is 0 Å². The Morgan fingerprint density at radius 1 is 1.08 bits per heavy atom. The highest BCUT2D eigenvalue weighted by Gasteiger charge is 2.31. The second-order valence-electron chi connectivity index (χ2n) is 6.47. The fraction of sp³-hybridized carbons (Fsp3) is 0.286. The molecular weight excluding hydrogens is 328 g/mol. The second kappa shape index (κ2) is 7.95. The summed E-state index contributed by atoms with van der Waals surface area (Å²) in [6, 6.07) is 14.7. The van der Waals surface area contributed by atoms with E-state index < -0.39 is 5.91 Å². The maximum atomic E-state index is 12.5. The Kier molecular flexibility index (Phi) is 5.46. The number of benzene rings is 2. The number of nitrogens with zero attached hydrogens (tertiary/aromatic N) is 1. The second-order valence-corrected chi connectivity index (χ2v) is 6.47. The van der Waals surface area contributed by atoms with Crippen LogP contribution in [-0.2, 0) is 22.4 Å². The number of nitrogens with one attached hydrogen (secondary N) is 1. The molecule has 1 heterocycles. The van der Waals surface area contributed by atoms with Crippen LogP contribution in [-0.4, -0.2) is 29.2 Å². The number of aryl methyl sites for hydroxylation is 1. The molecule has 5 nitrogen and oxygen atoms in total. The third-order valence-electron chi connectivity index (χ3n) is 4.49. The van der Waals surface area contributed by atoms with Gasteiger partial charge in [-0.2, -0.15) is 0 Å². The van der Waals surface area contributed by atoms with Crippen LogP contribution in [0.5, 0.6) is 0 Å². The SMILES string of the molecule is CCCCc1ccc(NC(=O)CN2C(=O)Cc3ccccc3C2=O)cc1. The molecule has 0 fully saturated rings. The molecule has 3 amide bonds. The average molecular weight is 350 g/mol. The minimum atomic E-state index is -0.415. The van der Waals surface area contributed by atoms with Gasteiger partial charge in [-0.1, -0.05) is 43.7 Å². The number of carbonyl (C=O) groups excluding carboxylic acids is 3. The van der Waals surface area contributed by atoms with Crippen molar-refractivity contribution < 1.29 is 14.4 Å². The molecule has 0 atom stereocenters. The third-order valence-corrected chi connectivity index (χ3v) is 4.49. The Hall–Kier alpha value is -2.95. The molecule has 3 rings (SSSR count). The summed E-state index contributed by atoms with van der Waals surface area (Å²) in [7, 11) is 0. The number of carbonyl (C=O) groups is 3. The van der Waals surface area contributed by atoms with Crippen molar-refractivity contribution in [1.29, 1.82) is 0 Å². The molecule has 5 heteroatoms. The summed E-state index contributed by atoms with van der Waals surface area (Å²) in [5.41, 5.74) is 3.08. The minimum Gasteiger partial charge on any atom is -0.325 e. The quantitative estimate of drug-likeness (QED) is 0.814. The Morgan fingerprint density at radius 2 is 1.81 bits per heavy atom. The molecule has 0 spiro atoms. The summed E-state index contributed by atoms with van der Waals surface area (Å²) in [6.45, 7) is 1.87. The van der Waals surface area contributed by atoms with Crippen molar-refractivity contribution in [2.24, 2.45) is 0 Å².